The molecule has 0 saturated heterocycles. The highest BCUT2D eigenvalue weighted by molar-refractivity contribution is 5.93. The standard InChI is InChI=1S/C20H20N2O3/c1-13-4-9-18-16(10-13)17(23)11-19(25-18)20(24)21-12-14-5-7-15(8-6-14)22(2)3/h4-11H,12H2,1-3H3,(H,21,24). The first-order chi connectivity index (χ1) is 11.9. The van der Waals surface area contributed by atoms with Gasteiger partial charge in [-0.05, 0) is 36.8 Å². The van der Waals surface area contributed by atoms with Crippen LogP contribution in [0.5, 0.6) is 0 Å². The Labute approximate surface area is 145 Å². The zero-order valence-electron chi connectivity index (χ0n) is 14.5. The predicted octanol–water partition coefficient (Wildman–Crippen LogP) is 3.10. The van der Waals surface area contributed by atoms with E-state index in [1.54, 1.807) is 12.1 Å². The molecule has 1 heterocycles. The third kappa shape index (κ3) is 3.71. The molecule has 0 saturated carbocycles. The summed E-state index contributed by atoms with van der Waals surface area (Å²) < 4.78 is 5.58. The van der Waals surface area contributed by atoms with Crippen LogP contribution >= 0.6 is 0 Å². The molecule has 5 heteroatoms. The van der Waals surface area contributed by atoms with Crippen LogP contribution in [0.3, 0.4) is 0 Å². The van der Waals surface area contributed by atoms with Crippen LogP contribution in [-0.4, -0.2) is 20.0 Å². The Hall–Kier alpha value is -3.08. The van der Waals surface area contributed by atoms with Gasteiger partial charge in [-0.2, -0.15) is 0 Å². The van der Waals surface area contributed by atoms with Crippen molar-refractivity contribution in [2.24, 2.45) is 0 Å². The summed E-state index contributed by atoms with van der Waals surface area (Å²) >= 11 is 0. The van der Waals surface area contributed by atoms with E-state index in [0.29, 0.717) is 17.5 Å². The Balaban J connectivity index is 1.76. The molecule has 0 atom stereocenters. The maximum atomic E-state index is 12.3. The highest BCUT2D eigenvalue weighted by atomic mass is 16.3. The van der Waals surface area contributed by atoms with E-state index in [0.717, 1.165) is 16.8 Å². The third-order valence-electron chi connectivity index (χ3n) is 4.01. The zero-order chi connectivity index (χ0) is 18.0. The molecule has 25 heavy (non-hydrogen) atoms. The number of aryl methyl sites for hydroxylation is 1. The molecule has 3 aromatic rings. The normalized spacial score (nSPS) is 10.7. The summed E-state index contributed by atoms with van der Waals surface area (Å²) in [5.41, 5.74) is 3.23. The van der Waals surface area contributed by atoms with Gasteiger partial charge in [-0.15, -0.1) is 0 Å². The first-order valence-electron chi connectivity index (χ1n) is 8.03. The molecule has 5 nitrogen and oxygen atoms in total. The van der Waals surface area contributed by atoms with Crippen LogP contribution in [0.15, 0.2) is 57.7 Å². The number of benzene rings is 2. The van der Waals surface area contributed by atoms with Crippen LogP contribution in [0.1, 0.15) is 21.7 Å². The molecule has 0 bridgehead atoms. The van der Waals surface area contributed by atoms with E-state index in [2.05, 4.69) is 5.32 Å². The molecule has 0 fully saturated rings. The summed E-state index contributed by atoms with van der Waals surface area (Å²) in [6.07, 6.45) is 0. The number of anilines is 1. The molecule has 2 aromatic carbocycles. The van der Waals surface area contributed by atoms with Gasteiger partial charge in [0.1, 0.15) is 5.58 Å². The highest BCUT2D eigenvalue weighted by Gasteiger charge is 2.12. The second-order valence-corrected chi connectivity index (χ2v) is 6.22. The number of nitrogens with zero attached hydrogens (tertiary/aromatic N) is 1. The lowest BCUT2D eigenvalue weighted by Crippen LogP contribution is -2.24. The van der Waals surface area contributed by atoms with Crippen molar-refractivity contribution in [2.45, 2.75) is 13.5 Å². The smallest absolute Gasteiger partial charge is 0.287 e. The minimum Gasteiger partial charge on any atom is -0.451 e. The average molecular weight is 336 g/mol. The van der Waals surface area contributed by atoms with Crippen LogP contribution in [0.25, 0.3) is 11.0 Å². The van der Waals surface area contributed by atoms with Gasteiger partial charge in [0.25, 0.3) is 5.91 Å². The average Bonchev–Trinajstić information content (AvgIpc) is 2.60. The highest BCUT2D eigenvalue weighted by Crippen LogP contribution is 2.15. The molecule has 1 N–H and O–H groups in total. The van der Waals surface area contributed by atoms with E-state index in [9.17, 15) is 9.59 Å². The van der Waals surface area contributed by atoms with Crippen molar-refractivity contribution in [3.05, 3.63) is 75.6 Å². The van der Waals surface area contributed by atoms with Crippen LogP contribution < -0.4 is 15.6 Å². The van der Waals surface area contributed by atoms with E-state index in [4.69, 9.17) is 4.42 Å². The van der Waals surface area contributed by atoms with E-state index >= 15 is 0 Å². The molecule has 1 amide bonds. The van der Waals surface area contributed by atoms with E-state index in [1.807, 2.05) is 56.3 Å². The van der Waals surface area contributed by atoms with Gasteiger partial charge in [0.05, 0.1) is 5.39 Å². The van der Waals surface area contributed by atoms with Crippen molar-refractivity contribution < 1.29 is 9.21 Å². The zero-order valence-corrected chi connectivity index (χ0v) is 14.5. The van der Waals surface area contributed by atoms with Gasteiger partial charge in [0.2, 0.25) is 0 Å². The fourth-order valence-corrected chi connectivity index (χ4v) is 2.56. The summed E-state index contributed by atoms with van der Waals surface area (Å²) in [5.74, 6) is -0.387. The Bertz CT molecular complexity index is 972. The molecular weight excluding hydrogens is 316 g/mol. The van der Waals surface area contributed by atoms with Gasteiger partial charge in [-0.25, -0.2) is 0 Å². The maximum Gasteiger partial charge on any atom is 0.287 e. The monoisotopic (exact) mass is 336 g/mol. The van der Waals surface area contributed by atoms with Crippen molar-refractivity contribution in [3.8, 4) is 0 Å². The number of hydrogen-bond donors (Lipinski definition) is 1. The van der Waals surface area contributed by atoms with Crippen molar-refractivity contribution >= 4 is 22.6 Å². The van der Waals surface area contributed by atoms with Crippen molar-refractivity contribution in [1.29, 1.82) is 0 Å². The van der Waals surface area contributed by atoms with Crippen LogP contribution in [0.4, 0.5) is 5.69 Å². The fourth-order valence-electron chi connectivity index (χ4n) is 2.56. The minimum absolute atomic E-state index is 0.0197. The first-order valence-corrected chi connectivity index (χ1v) is 8.03. The molecule has 0 spiro atoms. The summed E-state index contributed by atoms with van der Waals surface area (Å²) in [4.78, 5) is 26.5. The quantitative estimate of drug-likeness (QED) is 0.795. The molecule has 128 valence electrons. The van der Waals surface area contributed by atoms with Crippen molar-refractivity contribution in [3.63, 3.8) is 0 Å². The van der Waals surface area contributed by atoms with Gasteiger partial charge in [0, 0.05) is 32.4 Å². The van der Waals surface area contributed by atoms with Crippen LogP contribution in [-0.2, 0) is 6.54 Å². The van der Waals surface area contributed by atoms with Crippen LogP contribution in [0.2, 0.25) is 0 Å². The van der Waals surface area contributed by atoms with Gasteiger partial charge < -0.3 is 14.6 Å². The van der Waals surface area contributed by atoms with E-state index in [1.165, 1.54) is 6.07 Å². The van der Waals surface area contributed by atoms with Crippen LogP contribution in [0, 0.1) is 6.92 Å². The number of hydrogen-bond acceptors (Lipinski definition) is 4. The summed E-state index contributed by atoms with van der Waals surface area (Å²) in [5, 5.41) is 3.26. The van der Waals surface area contributed by atoms with Crippen molar-refractivity contribution in [2.75, 3.05) is 19.0 Å². The topological polar surface area (TPSA) is 62.6 Å². The van der Waals surface area contributed by atoms with E-state index < -0.39 is 5.91 Å². The van der Waals surface area contributed by atoms with Gasteiger partial charge in [-0.1, -0.05) is 23.8 Å². The SMILES string of the molecule is Cc1ccc2oc(C(=O)NCc3ccc(N(C)C)cc3)cc(=O)c2c1. The molecule has 0 aliphatic rings. The lowest BCUT2D eigenvalue weighted by molar-refractivity contribution is 0.0923. The summed E-state index contributed by atoms with van der Waals surface area (Å²) in [6, 6.07) is 14.4. The number of fused-ring (bicyclic) bond motifs is 1. The number of amides is 1. The number of carbonyl (C=O) groups is 1. The lowest BCUT2D eigenvalue weighted by atomic mass is 10.1. The Morgan fingerprint density at radius 3 is 2.48 bits per heavy atom. The molecule has 0 aliphatic heterocycles. The molecular formula is C20H20N2O3. The number of carbonyl (C=O) groups excluding carboxylic acids is 1. The summed E-state index contributed by atoms with van der Waals surface area (Å²) in [7, 11) is 3.94. The minimum atomic E-state index is -0.406. The number of nitrogens with one attached hydrogen (secondary N) is 1. The van der Waals surface area contributed by atoms with Gasteiger partial charge in [0.15, 0.2) is 11.2 Å². The number of rotatable bonds is 4. The predicted molar refractivity (Wildman–Crippen MR) is 99.2 cm³/mol. The summed E-state index contributed by atoms with van der Waals surface area (Å²) in [6.45, 7) is 2.27. The van der Waals surface area contributed by atoms with Gasteiger partial charge >= 0.3 is 0 Å². The van der Waals surface area contributed by atoms with E-state index in [-0.39, 0.29) is 11.2 Å². The Morgan fingerprint density at radius 1 is 1.08 bits per heavy atom. The Kier molecular flexibility index (Phi) is 4.57. The molecule has 0 radical (unpaired) electrons. The Morgan fingerprint density at radius 2 is 1.80 bits per heavy atom. The fraction of sp³-hybridized carbons (Fsp3) is 0.200. The third-order valence-corrected chi connectivity index (χ3v) is 4.01. The lowest BCUT2D eigenvalue weighted by Gasteiger charge is -2.12. The molecule has 0 aliphatic carbocycles. The van der Waals surface area contributed by atoms with Crippen molar-refractivity contribution in [1.82, 2.24) is 5.32 Å². The largest absolute Gasteiger partial charge is 0.451 e. The molecule has 0 unspecified atom stereocenters. The maximum absolute atomic E-state index is 12.3. The second kappa shape index (κ2) is 6.81. The molecule has 1 aromatic heterocycles. The second-order valence-electron chi connectivity index (χ2n) is 6.22. The van der Waals surface area contributed by atoms with Gasteiger partial charge in [-0.3, -0.25) is 9.59 Å². The molecule has 3 rings (SSSR count). The first kappa shape index (κ1) is 16.8.